The van der Waals surface area contributed by atoms with Crippen LogP contribution in [-0.2, 0) is 6.18 Å². The minimum Gasteiger partial charge on any atom is -0.392 e. The molecule has 1 saturated carbocycles. The molecule has 106 valence electrons. The Balaban J connectivity index is 2.27. The van der Waals surface area contributed by atoms with Crippen LogP contribution in [-0.4, -0.2) is 22.2 Å². The summed E-state index contributed by atoms with van der Waals surface area (Å²) >= 11 is 2.99. The number of aliphatic hydroxyl groups is 1. The molecule has 1 heterocycles. The average molecular weight is 339 g/mol. The molecule has 2 rings (SSSR count). The molecule has 0 aromatic carbocycles. The van der Waals surface area contributed by atoms with E-state index in [1.807, 2.05) is 13.8 Å². The van der Waals surface area contributed by atoms with Gasteiger partial charge in [0.1, 0.15) is 5.82 Å². The Kier molecular flexibility index (Phi) is 3.55. The van der Waals surface area contributed by atoms with Gasteiger partial charge in [-0.05, 0) is 28.4 Å². The molecule has 2 atom stereocenters. The summed E-state index contributed by atoms with van der Waals surface area (Å²) in [4.78, 5) is 3.80. The van der Waals surface area contributed by atoms with Crippen LogP contribution in [0.2, 0.25) is 0 Å². The molecule has 1 aliphatic rings. The molecular formula is C12H14BrF3N2O. The van der Waals surface area contributed by atoms with Crippen molar-refractivity contribution in [1.29, 1.82) is 0 Å². The number of rotatable bonds is 2. The molecule has 1 fully saturated rings. The summed E-state index contributed by atoms with van der Waals surface area (Å²) in [6.07, 6.45) is -3.23. The van der Waals surface area contributed by atoms with Crippen LogP contribution in [0.25, 0.3) is 0 Å². The summed E-state index contributed by atoms with van der Waals surface area (Å²) in [5.74, 6) is -0.194. The summed E-state index contributed by atoms with van der Waals surface area (Å²) < 4.78 is 39.0. The van der Waals surface area contributed by atoms with Gasteiger partial charge in [0.05, 0.1) is 11.7 Å². The highest BCUT2D eigenvalue weighted by atomic mass is 79.9. The molecule has 0 radical (unpaired) electrons. The highest BCUT2D eigenvalue weighted by Crippen LogP contribution is 2.43. The van der Waals surface area contributed by atoms with Gasteiger partial charge in [0.2, 0.25) is 0 Å². The lowest BCUT2D eigenvalue weighted by molar-refractivity contribution is -0.137. The van der Waals surface area contributed by atoms with Crippen LogP contribution in [0.15, 0.2) is 16.7 Å². The lowest BCUT2D eigenvalue weighted by Crippen LogP contribution is -2.57. The summed E-state index contributed by atoms with van der Waals surface area (Å²) in [5.41, 5.74) is -1.27. The van der Waals surface area contributed by atoms with Crippen molar-refractivity contribution >= 4 is 21.7 Å². The maximum absolute atomic E-state index is 12.9. The van der Waals surface area contributed by atoms with Gasteiger partial charge in [0, 0.05) is 22.1 Å². The van der Waals surface area contributed by atoms with E-state index in [4.69, 9.17) is 0 Å². The average Bonchev–Trinajstić information content (AvgIpc) is 2.29. The maximum atomic E-state index is 12.9. The Labute approximate surface area is 117 Å². The van der Waals surface area contributed by atoms with Crippen LogP contribution < -0.4 is 5.32 Å². The summed E-state index contributed by atoms with van der Waals surface area (Å²) in [6.45, 7) is 3.62. The standard InChI is InChI=1S/C12H14BrF3N2O/c1-11(2)8(4-9(11)19)18-10-7(12(14,15)16)3-6(13)5-17-10/h3,5,8-9,19H,4H2,1-2H3,(H,17,18). The monoisotopic (exact) mass is 338 g/mol. The molecule has 2 unspecified atom stereocenters. The van der Waals surface area contributed by atoms with Crippen molar-refractivity contribution in [3.05, 3.63) is 22.3 Å². The fraction of sp³-hybridized carbons (Fsp3) is 0.583. The molecular weight excluding hydrogens is 325 g/mol. The van der Waals surface area contributed by atoms with Crippen LogP contribution in [0.1, 0.15) is 25.8 Å². The van der Waals surface area contributed by atoms with Crippen molar-refractivity contribution in [1.82, 2.24) is 4.98 Å². The smallest absolute Gasteiger partial charge is 0.392 e. The number of nitrogens with zero attached hydrogens (tertiary/aromatic N) is 1. The van der Waals surface area contributed by atoms with E-state index in [1.165, 1.54) is 6.20 Å². The minimum absolute atomic E-state index is 0.194. The van der Waals surface area contributed by atoms with E-state index in [2.05, 4.69) is 26.2 Å². The van der Waals surface area contributed by atoms with E-state index < -0.39 is 23.3 Å². The van der Waals surface area contributed by atoms with E-state index in [0.29, 0.717) is 6.42 Å². The maximum Gasteiger partial charge on any atom is 0.419 e. The van der Waals surface area contributed by atoms with Gasteiger partial charge in [0.15, 0.2) is 0 Å². The predicted octanol–water partition coefficient (Wildman–Crippen LogP) is 3.43. The van der Waals surface area contributed by atoms with Gasteiger partial charge >= 0.3 is 6.18 Å². The van der Waals surface area contributed by atoms with Crippen molar-refractivity contribution < 1.29 is 18.3 Å². The van der Waals surface area contributed by atoms with Crippen molar-refractivity contribution in [2.24, 2.45) is 5.41 Å². The van der Waals surface area contributed by atoms with E-state index >= 15 is 0 Å². The SMILES string of the molecule is CC1(C)C(O)CC1Nc1ncc(Br)cc1C(F)(F)F. The number of aliphatic hydroxyl groups excluding tert-OH is 1. The number of aromatic nitrogens is 1. The first kappa shape index (κ1) is 14.6. The Hall–Kier alpha value is -0.820. The van der Waals surface area contributed by atoms with Crippen molar-refractivity contribution in [2.75, 3.05) is 5.32 Å². The van der Waals surface area contributed by atoms with Crippen molar-refractivity contribution in [3.8, 4) is 0 Å². The third kappa shape index (κ3) is 2.72. The summed E-state index contributed by atoms with van der Waals surface area (Å²) in [6, 6.07) is 0.773. The second-order valence-corrected chi connectivity index (χ2v) is 6.23. The zero-order chi connectivity index (χ0) is 14.4. The van der Waals surface area contributed by atoms with Gasteiger partial charge in [-0.3, -0.25) is 0 Å². The second-order valence-electron chi connectivity index (χ2n) is 5.32. The normalized spacial score (nSPS) is 25.8. The van der Waals surface area contributed by atoms with Crippen LogP contribution >= 0.6 is 15.9 Å². The third-order valence-corrected chi connectivity index (χ3v) is 4.12. The summed E-state index contributed by atoms with van der Waals surface area (Å²) in [7, 11) is 0. The van der Waals surface area contributed by atoms with Crippen LogP contribution in [0.4, 0.5) is 19.0 Å². The van der Waals surface area contributed by atoms with Gasteiger partial charge in [-0.15, -0.1) is 0 Å². The molecule has 3 nitrogen and oxygen atoms in total. The number of hydrogen-bond acceptors (Lipinski definition) is 3. The molecule has 19 heavy (non-hydrogen) atoms. The number of anilines is 1. The zero-order valence-electron chi connectivity index (χ0n) is 10.4. The number of hydrogen-bond donors (Lipinski definition) is 2. The highest BCUT2D eigenvalue weighted by Gasteiger charge is 2.48. The van der Waals surface area contributed by atoms with Crippen molar-refractivity contribution in [3.63, 3.8) is 0 Å². The number of pyridine rings is 1. The Morgan fingerprint density at radius 2 is 2.11 bits per heavy atom. The lowest BCUT2D eigenvalue weighted by atomic mass is 9.64. The first-order chi connectivity index (χ1) is 8.62. The van der Waals surface area contributed by atoms with E-state index in [0.717, 1.165) is 6.07 Å². The Morgan fingerprint density at radius 1 is 1.47 bits per heavy atom. The Bertz CT molecular complexity index is 490. The molecule has 0 saturated heterocycles. The van der Waals surface area contributed by atoms with Gasteiger partial charge in [0.25, 0.3) is 0 Å². The van der Waals surface area contributed by atoms with Crippen LogP contribution in [0.5, 0.6) is 0 Å². The third-order valence-electron chi connectivity index (χ3n) is 3.69. The highest BCUT2D eigenvalue weighted by molar-refractivity contribution is 9.10. The van der Waals surface area contributed by atoms with Crippen LogP contribution in [0, 0.1) is 5.41 Å². The summed E-state index contributed by atoms with van der Waals surface area (Å²) in [5, 5.41) is 12.4. The largest absolute Gasteiger partial charge is 0.419 e. The fourth-order valence-corrected chi connectivity index (χ4v) is 2.41. The van der Waals surface area contributed by atoms with Crippen LogP contribution in [0.3, 0.4) is 0 Å². The van der Waals surface area contributed by atoms with Gasteiger partial charge in [-0.1, -0.05) is 13.8 Å². The van der Waals surface area contributed by atoms with Gasteiger partial charge in [-0.2, -0.15) is 13.2 Å². The topological polar surface area (TPSA) is 45.1 Å². The molecule has 1 aromatic rings. The minimum atomic E-state index is -4.47. The molecule has 1 aliphatic carbocycles. The van der Waals surface area contributed by atoms with Gasteiger partial charge < -0.3 is 10.4 Å². The molecule has 0 spiro atoms. The Morgan fingerprint density at radius 3 is 2.58 bits per heavy atom. The van der Waals surface area contributed by atoms with E-state index in [9.17, 15) is 18.3 Å². The quantitative estimate of drug-likeness (QED) is 0.868. The molecule has 1 aromatic heterocycles. The lowest BCUT2D eigenvalue weighted by Gasteiger charge is -2.49. The van der Waals surface area contributed by atoms with Gasteiger partial charge in [-0.25, -0.2) is 4.98 Å². The number of alkyl halides is 3. The fourth-order valence-electron chi connectivity index (χ4n) is 2.08. The van der Waals surface area contributed by atoms with E-state index in [-0.39, 0.29) is 16.3 Å². The predicted molar refractivity (Wildman–Crippen MR) is 68.8 cm³/mol. The first-order valence-corrected chi connectivity index (χ1v) is 6.59. The number of halogens is 4. The first-order valence-electron chi connectivity index (χ1n) is 5.79. The second kappa shape index (κ2) is 4.63. The van der Waals surface area contributed by atoms with E-state index in [1.54, 1.807) is 0 Å². The number of nitrogens with one attached hydrogen (secondary N) is 1. The molecule has 0 bridgehead atoms. The molecule has 2 N–H and O–H groups in total. The van der Waals surface area contributed by atoms with Crippen molar-refractivity contribution in [2.45, 2.75) is 38.6 Å². The molecule has 0 amide bonds. The zero-order valence-corrected chi connectivity index (χ0v) is 12.0. The molecule has 7 heteroatoms. The molecule has 0 aliphatic heterocycles.